The Morgan fingerprint density at radius 2 is 2.07 bits per heavy atom. The number of carbonyl (C=O) groups excluding carboxylic acids is 2. The zero-order valence-corrected chi connectivity index (χ0v) is 17.2. The number of carboxylic acid groups (broad SMARTS) is 1. The van der Waals surface area contributed by atoms with Crippen molar-refractivity contribution in [2.45, 2.75) is 31.8 Å². The monoisotopic (exact) mass is 384 g/mol. The minimum absolute atomic E-state index is 0. The first-order valence-corrected chi connectivity index (χ1v) is 8.09. The van der Waals surface area contributed by atoms with Crippen molar-refractivity contribution in [3.63, 3.8) is 0 Å². The fraction of sp³-hybridized carbons (Fsp3) is 0.353. The minimum atomic E-state index is -1.37. The third kappa shape index (κ3) is 7.22. The van der Waals surface area contributed by atoms with Gasteiger partial charge in [-0.05, 0) is 13.0 Å². The second-order valence-electron chi connectivity index (χ2n) is 5.89. The van der Waals surface area contributed by atoms with Crippen LogP contribution in [0.3, 0.4) is 0 Å². The van der Waals surface area contributed by atoms with E-state index in [1.807, 2.05) is 0 Å². The largest absolute Gasteiger partial charge is 1.00 e. The number of aromatic hydroxyl groups is 2. The van der Waals surface area contributed by atoms with Crippen LogP contribution in [-0.2, 0) is 16.0 Å². The molecule has 2 atom stereocenters. The van der Waals surface area contributed by atoms with Gasteiger partial charge in [0.1, 0.15) is 11.5 Å². The van der Waals surface area contributed by atoms with Gasteiger partial charge in [0, 0.05) is 48.9 Å². The summed E-state index contributed by atoms with van der Waals surface area (Å²) in [5.41, 5.74) is 1.16. The van der Waals surface area contributed by atoms with E-state index in [0.29, 0.717) is 11.3 Å². The number of phenols is 2. The van der Waals surface area contributed by atoms with Crippen molar-refractivity contribution >= 4 is 11.9 Å². The molecule has 0 aliphatic rings. The van der Waals surface area contributed by atoms with Gasteiger partial charge in [-0.1, -0.05) is 6.07 Å². The van der Waals surface area contributed by atoms with Crippen LogP contribution in [0.1, 0.15) is 30.6 Å². The number of aliphatic carboxylic acids is 1. The molecule has 140 valence electrons. The van der Waals surface area contributed by atoms with Crippen molar-refractivity contribution in [1.82, 2.24) is 20.6 Å². The van der Waals surface area contributed by atoms with Gasteiger partial charge in [0.15, 0.2) is 0 Å². The number of nitrogens with one attached hydrogen (secondary N) is 3. The smallest absolute Gasteiger partial charge is 0.548 e. The number of hydrogen-bond donors (Lipinski definition) is 5. The van der Waals surface area contributed by atoms with E-state index in [1.54, 1.807) is 13.0 Å². The van der Waals surface area contributed by atoms with Crippen molar-refractivity contribution in [2.24, 2.45) is 0 Å². The average molecular weight is 384 g/mol. The first-order chi connectivity index (χ1) is 12.4. The van der Waals surface area contributed by atoms with Crippen molar-refractivity contribution in [3.8, 4) is 11.5 Å². The van der Waals surface area contributed by atoms with Crippen molar-refractivity contribution in [1.29, 1.82) is 0 Å². The van der Waals surface area contributed by atoms with Gasteiger partial charge in [0.05, 0.1) is 18.3 Å². The molecule has 1 aromatic heterocycles. The number of rotatable bonds is 9. The molecule has 9 nitrogen and oxygen atoms in total. The van der Waals surface area contributed by atoms with Gasteiger partial charge in [-0.25, -0.2) is 4.98 Å². The molecule has 1 heterocycles. The Labute approximate surface area is 178 Å². The molecule has 1 amide bonds. The predicted molar refractivity (Wildman–Crippen MR) is 90.0 cm³/mol. The van der Waals surface area contributed by atoms with Gasteiger partial charge in [-0.2, -0.15) is 0 Å². The molecule has 10 heteroatoms. The average Bonchev–Trinajstić information content (AvgIpc) is 3.07. The van der Waals surface area contributed by atoms with Crippen LogP contribution in [0.4, 0.5) is 0 Å². The molecule has 2 aromatic rings. The fourth-order valence-electron chi connectivity index (χ4n) is 2.49. The standard InChI is InChI=1S/C17H22N4O5.Na/c1-10(13-3-2-12(22)7-15(13)23)19-5-4-16(24)21-14(17(25)26)6-11-8-18-9-20-11;/h2-3,7-10,14,19,22-23H,4-6H2,1H3,(H,18,20)(H,21,24)(H,25,26);/q;+1/p-1. The Morgan fingerprint density at radius 1 is 1.33 bits per heavy atom. The Morgan fingerprint density at radius 3 is 2.67 bits per heavy atom. The van der Waals surface area contributed by atoms with Crippen molar-refractivity contribution in [3.05, 3.63) is 42.0 Å². The molecule has 1 aromatic carbocycles. The topological polar surface area (TPSA) is 150 Å². The summed E-state index contributed by atoms with van der Waals surface area (Å²) in [6, 6.07) is 2.87. The number of nitrogens with zero attached hydrogens (tertiary/aromatic N) is 1. The van der Waals surface area contributed by atoms with Crippen LogP contribution in [0.15, 0.2) is 30.7 Å². The molecular formula is C17H21N4NaO5. The first kappa shape index (κ1) is 23.0. The summed E-state index contributed by atoms with van der Waals surface area (Å²) in [5.74, 6) is -1.90. The van der Waals surface area contributed by atoms with Crippen LogP contribution in [0, 0.1) is 0 Å². The third-order valence-corrected chi connectivity index (χ3v) is 3.88. The molecule has 27 heavy (non-hydrogen) atoms. The summed E-state index contributed by atoms with van der Waals surface area (Å²) in [4.78, 5) is 29.7. The molecule has 0 saturated carbocycles. The predicted octanol–water partition coefficient (Wildman–Crippen LogP) is -3.66. The summed E-state index contributed by atoms with van der Waals surface area (Å²) in [7, 11) is 0. The van der Waals surface area contributed by atoms with Gasteiger partial charge < -0.3 is 35.7 Å². The fourth-order valence-corrected chi connectivity index (χ4v) is 2.49. The summed E-state index contributed by atoms with van der Waals surface area (Å²) < 4.78 is 0. The summed E-state index contributed by atoms with van der Waals surface area (Å²) in [6.45, 7) is 2.07. The molecular weight excluding hydrogens is 363 g/mol. The molecule has 0 saturated heterocycles. The number of H-pyrrole nitrogens is 1. The maximum absolute atomic E-state index is 12.0. The number of aromatic nitrogens is 2. The maximum atomic E-state index is 12.0. The van der Waals surface area contributed by atoms with Crippen LogP contribution in [0.2, 0.25) is 0 Å². The number of carbonyl (C=O) groups is 2. The normalized spacial score (nSPS) is 12.6. The van der Waals surface area contributed by atoms with Gasteiger partial charge in [-0.15, -0.1) is 0 Å². The second-order valence-corrected chi connectivity index (χ2v) is 5.89. The van der Waals surface area contributed by atoms with Crippen LogP contribution in [0.5, 0.6) is 11.5 Å². The third-order valence-electron chi connectivity index (χ3n) is 3.88. The van der Waals surface area contributed by atoms with E-state index in [4.69, 9.17) is 0 Å². The van der Waals surface area contributed by atoms with E-state index in [0.717, 1.165) is 0 Å². The molecule has 0 aliphatic heterocycles. The molecule has 0 fully saturated rings. The summed E-state index contributed by atoms with van der Waals surface area (Å²) in [5, 5.41) is 35.8. The zero-order valence-electron chi connectivity index (χ0n) is 15.2. The van der Waals surface area contributed by atoms with Gasteiger partial charge in [0.25, 0.3) is 0 Å². The Balaban J connectivity index is 0.00000364. The molecule has 2 unspecified atom stereocenters. The van der Waals surface area contributed by atoms with Gasteiger partial charge in [0.2, 0.25) is 5.91 Å². The first-order valence-electron chi connectivity index (χ1n) is 8.09. The SMILES string of the molecule is CC(NCCC(=O)NC(Cc1cnc[nH]1)C(=O)[O-])c1ccc(O)cc1O.[Na+]. The van der Waals surface area contributed by atoms with Crippen LogP contribution in [-0.4, -0.2) is 44.6 Å². The quantitative estimate of drug-likeness (QED) is 0.280. The van der Waals surface area contributed by atoms with E-state index in [2.05, 4.69) is 20.6 Å². The summed E-state index contributed by atoms with van der Waals surface area (Å²) in [6.07, 6.45) is 3.01. The number of amides is 1. The van der Waals surface area contributed by atoms with Gasteiger partial charge >= 0.3 is 29.6 Å². The Kier molecular flexibility index (Phi) is 9.30. The van der Waals surface area contributed by atoms with Crippen LogP contribution in [0.25, 0.3) is 0 Å². The number of carboxylic acids is 1. The molecule has 0 bridgehead atoms. The Hall–Kier alpha value is -2.07. The Bertz CT molecular complexity index is 754. The molecule has 2 rings (SSSR count). The molecule has 0 aliphatic carbocycles. The number of benzene rings is 1. The van der Waals surface area contributed by atoms with Crippen LogP contribution >= 0.6 is 0 Å². The number of aromatic amines is 1. The van der Waals surface area contributed by atoms with E-state index in [1.165, 1.54) is 24.7 Å². The number of hydrogen-bond acceptors (Lipinski definition) is 7. The molecule has 0 spiro atoms. The molecule has 0 radical (unpaired) electrons. The maximum Gasteiger partial charge on any atom is 1.00 e. The second kappa shape index (κ2) is 10.9. The van der Waals surface area contributed by atoms with E-state index < -0.39 is 17.9 Å². The molecule has 5 N–H and O–H groups in total. The minimum Gasteiger partial charge on any atom is -0.548 e. The van der Waals surface area contributed by atoms with Crippen molar-refractivity contribution in [2.75, 3.05) is 6.54 Å². The van der Waals surface area contributed by atoms with Gasteiger partial charge in [-0.3, -0.25) is 4.79 Å². The van der Waals surface area contributed by atoms with E-state index >= 15 is 0 Å². The van der Waals surface area contributed by atoms with Crippen LogP contribution < -0.4 is 45.3 Å². The zero-order chi connectivity index (χ0) is 19.1. The van der Waals surface area contributed by atoms with E-state index in [-0.39, 0.29) is 66.5 Å². The van der Waals surface area contributed by atoms with E-state index in [9.17, 15) is 24.9 Å². The number of imidazole rings is 1. The number of phenolic OH excluding ortho intramolecular Hbond substituents is 2. The van der Waals surface area contributed by atoms with Crippen molar-refractivity contribution < 1.29 is 54.5 Å². The summed E-state index contributed by atoms with van der Waals surface area (Å²) >= 11 is 0.